The molecule has 0 aliphatic carbocycles. The molecule has 1 N–H and O–H groups in total. The van der Waals surface area contributed by atoms with E-state index in [-0.39, 0.29) is 37.0 Å². The van der Waals surface area contributed by atoms with Gasteiger partial charge in [0.25, 0.3) is 0 Å². The number of halogens is 3. The van der Waals surface area contributed by atoms with Gasteiger partial charge in [0.1, 0.15) is 0 Å². The number of hydrogen-bond donors (Lipinski definition) is 1. The van der Waals surface area contributed by atoms with E-state index in [9.17, 15) is 18.0 Å². The van der Waals surface area contributed by atoms with Crippen molar-refractivity contribution in [3.63, 3.8) is 0 Å². The lowest BCUT2D eigenvalue weighted by molar-refractivity contribution is -0.140. The van der Waals surface area contributed by atoms with Crippen molar-refractivity contribution >= 4 is 5.91 Å². The Morgan fingerprint density at radius 2 is 1.95 bits per heavy atom. The first kappa shape index (κ1) is 17.3. The number of carbonyl (C=O) groups excluding carboxylic acids is 1. The third kappa shape index (κ3) is 4.96. The van der Waals surface area contributed by atoms with E-state index in [1.54, 1.807) is 4.90 Å². The number of alkyl halides is 3. The molecule has 1 rings (SSSR count). The minimum Gasteiger partial charge on any atom is -0.326 e. The first-order valence-corrected chi connectivity index (χ1v) is 7.39. The Morgan fingerprint density at radius 3 is 2.45 bits per heavy atom. The van der Waals surface area contributed by atoms with Gasteiger partial charge in [-0.05, 0) is 18.8 Å². The average Bonchev–Trinajstić information content (AvgIpc) is 2.63. The van der Waals surface area contributed by atoms with Crippen LogP contribution in [0.5, 0.6) is 0 Å². The SMILES string of the molecule is CCCCC1NC(C(C)C)N(CCCC(F)(F)F)C1=O. The van der Waals surface area contributed by atoms with Gasteiger partial charge in [0.2, 0.25) is 5.91 Å². The molecule has 2 unspecified atom stereocenters. The summed E-state index contributed by atoms with van der Waals surface area (Å²) in [5, 5.41) is 3.27. The van der Waals surface area contributed by atoms with Crippen LogP contribution in [0.2, 0.25) is 0 Å². The molecule has 0 radical (unpaired) electrons. The van der Waals surface area contributed by atoms with Gasteiger partial charge in [0.15, 0.2) is 0 Å². The molecule has 1 amide bonds. The molecule has 6 heteroatoms. The average molecular weight is 294 g/mol. The number of unbranched alkanes of at least 4 members (excludes halogenated alkanes) is 1. The van der Waals surface area contributed by atoms with E-state index in [0.29, 0.717) is 0 Å². The fourth-order valence-electron chi connectivity index (χ4n) is 2.57. The standard InChI is InChI=1S/C14H25F3N2O/c1-4-5-7-11-13(20)19(12(18-11)10(2)3)9-6-8-14(15,16)17/h10-12,18H,4-9H2,1-3H3. The van der Waals surface area contributed by atoms with Gasteiger partial charge >= 0.3 is 6.18 Å². The van der Waals surface area contributed by atoms with Gasteiger partial charge in [-0.25, -0.2) is 0 Å². The molecule has 3 nitrogen and oxygen atoms in total. The molecular formula is C14H25F3N2O. The van der Waals surface area contributed by atoms with E-state index in [1.807, 2.05) is 13.8 Å². The summed E-state index contributed by atoms with van der Waals surface area (Å²) in [7, 11) is 0. The zero-order chi connectivity index (χ0) is 15.3. The molecule has 0 saturated carbocycles. The first-order chi connectivity index (χ1) is 9.26. The Bertz CT molecular complexity index is 318. The Kier molecular flexibility index (Phi) is 6.30. The van der Waals surface area contributed by atoms with Crippen LogP contribution in [0.4, 0.5) is 13.2 Å². The second-order valence-electron chi connectivity index (χ2n) is 5.80. The lowest BCUT2D eigenvalue weighted by atomic mass is 10.1. The van der Waals surface area contributed by atoms with Crippen LogP contribution in [0.15, 0.2) is 0 Å². The Balaban J connectivity index is 2.58. The van der Waals surface area contributed by atoms with Crippen LogP contribution in [0, 0.1) is 5.92 Å². The molecule has 1 aliphatic rings. The molecule has 0 aromatic carbocycles. The zero-order valence-electron chi connectivity index (χ0n) is 12.5. The van der Waals surface area contributed by atoms with Crippen molar-refractivity contribution in [2.45, 2.75) is 71.3 Å². The molecule has 118 valence electrons. The number of amides is 1. The lowest BCUT2D eigenvalue weighted by Gasteiger charge is -2.27. The maximum absolute atomic E-state index is 12.3. The van der Waals surface area contributed by atoms with Crippen molar-refractivity contribution < 1.29 is 18.0 Å². The Morgan fingerprint density at radius 1 is 1.30 bits per heavy atom. The van der Waals surface area contributed by atoms with Gasteiger partial charge in [-0.3, -0.25) is 10.1 Å². The van der Waals surface area contributed by atoms with E-state index in [0.717, 1.165) is 19.3 Å². The van der Waals surface area contributed by atoms with E-state index >= 15 is 0 Å². The summed E-state index contributed by atoms with van der Waals surface area (Å²) in [6.45, 7) is 6.19. The van der Waals surface area contributed by atoms with Gasteiger partial charge < -0.3 is 4.90 Å². The molecule has 1 aliphatic heterocycles. The van der Waals surface area contributed by atoms with Crippen molar-refractivity contribution in [3.05, 3.63) is 0 Å². The Labute approximate surface area is 118 Å². The number of nitrogens with zero attached hydrogens (tertiary/aromatic N) is 1. The molecule has 2 atom stereocenters. The molecule has 20 heavy (non-hydrogen) atoms. The number of rotatable bonds is 7. The molecule has 0 aromatic rings. The van der Waals surface area contributed by atoms with Gasteiger partial charge in [0, 0.05) is 13.0 Å². The minimum absolute atomic E-state index is 0.0271. The van der Waals surface area contributed by atoms with Crippen LogP contribution in [0.25, 0.3) is 0 Å². The highest BCUT2D eigenvalue weighted by molar-refractivity contribution is 5.84. The lowest BCUT2D eigenvalue weighted by Crippen LogP contribution is -2.42. The monoisotopic (exact) mass is 294 g/mol. The normalized spacial score (nSPS) is 23.9. The maximum atomic E-state index is 12.3. The van der Waals surface area contributed by atoms with E-state index in [1.165, 1.54) is 0 Å². The second kappa shape index (κ2) is 7.29. The molecular weight excluding hydrogens is 269 g/mol. The molecule has 0 aromatic heterocycles. The van der Waals surface area contributed by atoms with Crippen LogP contribution < -0.4 is 5.32 Å². The maximum Gasteiger partial charge on any atom is 0.389 e. The summed E-state index contributed by atoms with van der Waals surface area (Å²) >= 11 is 0. The minimum atomic E-state index is -4.15. The summed E-state index contributed by atoms with van der Waals surface area (Å²) in [6, 6.07) is -0.228. The largest absolute Gasteiger partial charge is 0.389 e. The Hall–Kier alpha value is -0.780. The highest BCUT2D eigenvalue weighted by atomic mass is 19.4. The van der Waals surface area contributed by atoms with Crippen LogP contribution in [-0.2, 0) is 4.79 Å². The van der Waals surface area contributed by atoms with Crippen molar-refractivity contribution in [2.24, 2.45) is 5.92 Å². The molecule has 1 heterocycles. The van der Waals surface area contributed by atoms with E-state index in [4.69, 9.17) is 0 Å². The predicted molar refractivity (Wildman–Crippen MR) is 72.1 cm³/mol. The van der Waals surface area contributed by atoms with E-state index < -0.39 is 12.6 Å². The predicted octanol–water partition coefficient (Wildman–Crippen LogP) is 3.30. The highest BCUT2D eigenvalue weighted by Gasteiger charge is 2.39. The summed E-state index contributed by atoms with van der Waals surface area (Å²) < 4.78 is 36.6. The van der Waals surface area contributed by atoms with Crippen LogP contribution in [0.1, 0.15) is 52.9 Å². The van der Waals surface area contributed by atoms with Gasteiger partial charge in [-0.1, -0.05) is 33.6 Å². The third-order valence-corrected chi connectivity index (χ3v) is 3.63. The number of hydrogen-bond acceptors (Lipinski definition) is 2. The second-order valence-corrected chi connectivity index (χ2v) is 5.80. The first-order valence-electron chi connectivity index (χ1n) is 7.39. The van der Waals surface area contributed by atoms with Crippen molar-refractivity contribution in [3.8, 4) is 0 Å². The fraction of sp³-hybridized carbons (Fsp3) is 0.929. The summed E-state index contributed by atoms with van der Waals surface area (Å²) in [5.41, 5.74) is 0. The van der Waals surface area contributed by atoms with E-state index in [2.05, 4.69) is 12.2 Å². The number of nitrogens with one attached hydrogen (secondary N) is 1. The molecule has 0 bridgehead atoms. The topological polar surface area (TPSA) is 32.3 Å². The van der Waals surface area contributed by atoms with Gasteiger partial charge in [-0.2, -0.15) is 13.2 Å². The van der Waals surface area contributed by atoms with Crippen molar-refractivity contribution in [1.29, 1.82) is 0 Å². The molecule has 1 fully saturated rings. The smallest absolute Gasteiger partial charge is 0.326 e. The molecule has 1 saturated heterocycles. The fourth-order valence-corrected chi connectivity index (χ4v) is 2.57. The summed E-state index contributed by atoms with van der Waals surface area (Å²) in [5.74, 6) is 0.149. The molecule has 0 spiro atoms. The zero-order valence-corrected chi connectivity index (χ0v) is 12.5. The summed E-state index contributed by atoms with van der Waals surface area (Å²) in [6.07, 6.45) is -2.43. The van der Waals surface area contributed by atoms with Crippen LogP contribution in [-0.4, -0.2) is 35.7 Å². The van der Waals surface area contributed by atoms with Gasteiger partial charge in [-0.15, -0.1) is 0 Å². The highest BCUT2D eigenvalue weighted by Crippen LogP contribution is 2.25. The summed E-state index contributed by atoms with van der Waals surface area (Å²) in [4.78, 5) is 13.9. The van der Waals surface area contributed by atoms with Crippen molar-refractivity contribution in [1.82, 2.24) is 10.2 Å². The van der Waals surface area contributed by atoms with Crippen molar-refractivity contribution in [2.75, 3.05) is 6.54 Å². The van der Waals surface area contributed by atoms with Crippen LogP contribution in [0.3, 0.4) is 0 Å². The quantitative estimate of drug-likeness (QED) is 0.781. The van der Waals surface area contributed by atoms with Crippen LogP contribution >= 0.6 is 0 Å². The van der Waals surface area contributed by atoms with Gasteiger partial charge in [0.05, 0.1) is 12.2 Å². The third-order valence-electron chi connectivity index (χ3n) is 3.63. The number of carbonyl (C=O) groups is 1.